The first-order valence-corrected chi connectivity index (χ1v) is 4.49. The Bertz CT molecular complexity index is 263. The third kappa shape index (κ3) is 1.55. The van der Waals surface area contributed by atoms with Crippen molar-refractivity contribution in [3.63, 3.8) is 0 Å². The molecule has 0 radical (unpaired) electrons. The number of alkyl halides is 1. The Kier molecular flexibility index (Phi) is 2.41. The number of thiazole rings is 1. The molecule has 1 atom stereocenters. The minimum absolute atomic E-state index is 0.252. The van der Waals surface area contributed by atoms with Crippen LogP contribution in [-0.2, 0) is 0 Å². The molecule has 0 amide bonds. The van der Waals surface area contributed by atoms with Gasteiger partial charge < -0.3 is 0 Å². The summed E-state index contributed by atoms with van der Waals surface area (Å²) in [4.78, 5) is 3.88. The Balaban J connectivity index is 2.87. The van der Waals surface area contributed by atoms with E-state index in [1.165, 1.54) is 0 Å². The van der Waals surface area contributed by atoms with E-state index in [0.29, 0.717) is 0 Å². The van der Waals surface area contributed by atoms with Gasteiger partial charge in [-0.1, -0.05) is 15.9 Å². The maximum Gasteiger partial charge on any atom is 0.144 e. The van der Waals surface area contributed by atoms with Crippen molar-refractivity contribution in [3.05, 3.63) is 16.1 Å². The Morgan fingerprint density at radius 2 is 2.60 bits per heavy atom. The lowest BCUT2D eigenvalue weighted by atomic mass is 10.4. The van der Waals surface area contributed by atoms with Gasteiger partial charge in [-0.3, -0.25) is 0 Å². The van der Waals surface area contributed by atoms with E-state index in [9.17, 15) is 0 Å². The number of halogens is 1. The standard InChI is InChI=1S/C6H5BrN2S/c1-4-9-6(3-10-4)5(7)2-8/h3,5H,1H3/t5-/m0/s1. The second-order valence-corrected chi connectivity index (χ2v) is 3.76. The Labute approximate surface area is 71.6 Å². The molecule has 0 aliphatic rings. The van der Waals surface area contributed by atoms with E-state index in [0.717, 1.165) is 10.7 Å². The normalized spacial score (nSPS) is 12.5. The fraction of sp³-hybridized carbons (Fsp3) is 0.333. The number of aryl methyl sites for hydroxylation is 1. The van der Waals surface area contributed by atoms with Gasteiger partial charge in [-0.2, -0.15) is 5.26 Å². The number of hydrogen-bond acceptors (Lipinski definition) is 3. The van der Waals surface area contributed by atoms with E-state index in [4.69, 9.17) is 5.26 Å². The van der Waals surface area contributed by atoms with Crippen molar-refractivity contribution >= 4 is 27.3 Å². The average Bonchev–Trinajstić information content (AvgIpc) is 2.34. The van der Waals surface area contributed by atoms with E-state index < -0.39 is 0 Å². The molecule has 0 aliphatic carbocycles. The third-order valence-corrected chi connectivity index (χ3v) is 2.48. The van der Waals surface area contributed by atoms with E-state index in [1.54, 1.807) is 11.3 Å². The van der Waals surface area contributed by atoms with Gasteiger partial charge >= 0.3 is 0 Å². The highest BCUT2D eigenvalue weighted by Crippen LogP contribution is 2.22. The molecule has 1 rings (SSSR count). The summed E-state index contributed by atoms with van der Waals surface area (Å²) in [5.41, 5.74) is 0.810. The number of nitrogens with zero attached hydrogens (tertiary/aromatic N) is 2. The molecular formula is C6H5BrN2S. The van der Waals surface area contributed by atoms with Crippen LogP contribution >= 0.6 is 27.3 Å². The first kappa shape index (κ1) is 7.70. The molecule has 0 bridgehead atoms. The van der Waals surface area contributed by atoms with Crippen LogP contribution in [0.1, 0.15) is 15.5 Å². The fourth-order valence-corrected chi connectivity index (χ4v) is 1.61. The van der Waals surface area contributed by atoms with Crippen LogP contribution in [0.4, 0.5) is 0 Å². The maximum absolute atomic E-state index is 8.47. The highest BCUT2D eigenvalue weighted by Gasteiger charge is 2.07. The first-order valence-electron chi connectivity index (χ1n) is 2.69. The van der Waals surface area contributed by atoms with E-state index in [-0.39, 0.29) is 4.83 Å². The third-order valence-electron chi connectivity index (χ3n) is 1.01. The summed E-state index contributed by atoms with van der Waals surface area (Å²) in [6, 6.07) is 2.06. The molecule has 2 nitrogen and oxygen atoms in total. The monoisotopic (exact) mass is 216 g/mol. The molecule has 0 saturated carbocycles. The zero-order valence-corrected chi connectivity index (χ0v) is 7.74. The highest BCUT2D eigenvalue weighted by atomic mass is 79.9. The molecule has 0 fully saturated rings. The van der Waals surface area contributed by atoms with Crippen molar-refractivity contribution in [2.45, 2.75) is 11.8 Å². The van der Waals surface area contributed by atoms with Gasteiger partial charge in [-0.15, -0.1) is 11.3 Å². The molecule has 4 heteroatoms. The van der Waals surface area contributed by atoms with Crippen LogP contribution in [0.5, 0.6) is 0 Å². The van der Waals surface area contributed by atoms with E-state index >= 15 is 0 Å². The second-order valence-electron chi connectivity index (χ2n) is 1.78. The smallest absolute Gasteiger partial charge is 0.144 e. The largest absolute Gasteiger partial charge is 0.244 e. The SMILES string of the molecule is Cc1nc([C@@H](Br)C#N)cs1. The molecule has 0 aliphatic heterocycles. The van der Waals surface area contributed by atoms with Crippen molar-refractivity contribution in [3.8, 4) is 6.07 Å². The summed E-state index contributed by atoms with van der Waals surface area (Å²) in [5, 5.41) is 11.3. The topological polar surface area (TPSA) is 36.7 Å². The molecule has 0 unspecified atom stereocenters. The number of hydrogen-bond donors (Lipinski definition) is 0. The average molecular weight is 217 g/mol. The van der Waals surface area contributed by atoms with Crippen LogP contribution in [0.2, 0.25) is 0 Å². The van der Waals surface area contributed by atoms with Crippen LogP contribution in [0, 0.1) is 18.3 Å². The zero-order valence-electron chi connectivity index (χ0n) is 5.34. The lowest BCUT2D eigenvalue weighted by molar-refractivity contribution is 1.11. The second kappa shape index (κ2) is 3.13. The Hall–Kier alpha value is -0.400. The number of aromatic nitrogens is 1. The molecule has 1 heterocycles. The minimum Gasteiger partial charge on any atom is -0.244 e. The maximum atomic E-state index is 8.47. The van der Waals surface area contributed by atoms with Crippen molar-refractivity contribution in [1.29, 1.82) is 5.26 Å². The molecule has 1 aromatic rings. The minimum atomic E-state index is -0.252. The predicted molar refractivity (Wildman–Crippen MR) is 44.1 cm³/mol. The van der Waals surface area contributed by atoms with E-state index in [2.05, 4.69) is 27.0 Å². The lowest BCUT2D eigenvalue weighted by Gasteiger charge is -1.90. The summed E-state index contributed by atoms with van der Waals surface area (Å²) in [7, 11) is 0. The van der Waals surface area contributed by atoms with E-state index in [1.807, 2.05) is 12.3 Å². The molecule has 10 heavy (non-hydrogen) atoms. The molecule has 0 spiro atoms. The summed E-state index contributed by atoms with van der Waals surface area (Å²) in [5.74, 6) is 0. The van der Waals surface area contributed by atoms with Crippen LogP contribution in [0.15, 0.2) is 5.38 Å². The fourth-order valence-electron chi connectivity index (χ4n) is 0.563. The van der Waals surface area contributed by atoms with Crippen molar-refractivity contribution < 1.29 is 0 Å². The van der Waals surface area contributed by atoms with Crippen LogP contribution in [0.25, 0.3) is 0 Å². The quantitative estimate of drug-likeness (QED) is 0.677. The van der Waals surface area contributed by atoms with Gasteiger partial charge in [-0.25, -0.2) is 4.98 Å². The first-order chi connectivity index (χ1) is 4.74. The molecule has 1 aromatic heterocycles. The van der Waals surface area contributed by atoms with Crippen molar-refractivity contribution in [2.24, 2.45) is 0 Å². The number of rotatable bonds is 1. The molecule has 52 valence electrons. The Morgan fingerprint density at radius 1 is 1.90 bits per heavy atom. The van der Waals surface area contributed by atoms with Crippen LogP contribution in [-0.4, -0.2) is 4.98 Å². The van der Waals surface area contributed by atoms with Gasteiger partial charge in [0.1, 0.15) is 4.83 Å². The Morgan fingerprint density at radius 3 is 3.00 bits per heavy atom. The summed E-state index contributed by atoms with van der Waals surface area (Å²) in [6.45, 7) is 1.92. The number of nitriles is 1. The molecular weight excluding hydrogens is 212 g/mol. The molecule has 0 aromatic carbocycles. The summed E-state index contributed by atoms with van der Waals surface area (Å²) >= 11 is 4.74. The van der Waals surface area contributed by atoms with Crippen LogP contribution in [0.3, 0.4) is 0 Å². The highest BCUT2D eigenvalue weighted by molar-refractivity contribution is 9.09. The van der Waals surface area contributed by atoms with Gasteiger partial charge in [0.25, 0.3) is 0 Å². The van der Waals surface area contributed by atoms with Crippen molar-refractivity contribution in [2.75, 3.05) is 0 Å². The van der Waals surface area contributed by atoms with Gasteiger partial charge in [0.15, 0.2) is 0 Å². The van der Waals surface area contributed by atoms with Gasteiger partial charge in [-0.05, 0) is 6.92 Å². The van der Waals surface area contributed by atoms with Gasteiger partial charge in [0.2, 0.25) is 0 Å². The van der Waals surface area contributed by atoms with Crippen molar-refractivity contribution in [1.82, 2.24) is 4.98 Å². The van der Waals surface area contributed by atoms with Gasteiger partial charge in [0.05, 0.1) is 16.8 Å². The lowest BCUT2D eigenvalue weighted by Crippen LogP contribution is -1.84. The molecule has 0 saturated heterocycles. The molecule has 0 N–H and O–H groups in total. The van der Waals surface area contributed by atoms with Gasteiger partial charge in [0, 0.05) is 5.38 Å². The predicted octanol–water partition coefficient (Wildman–Crippen LogP) is 2.41. The zero-order chi connectivity index (χ0) is 7.56. The summed E-state index contributed by atoms with van der Waals surface area (Å²) < 4.78 is 0. The van der Waals surface area contributed by atoms with Crippen LogP contribution < -0.4 is 0 Å². The summed E-state index contributed by atoms with van der Waals surface area (Å²) in [6.07, 6.45) is 0.